The molecule has 0 bridgehead atoms. The molecule has 3 nitrogen and oxygen atoms in total. The summed E-state index contributed by atoms with van der Waals surface area (Å²) in [6.07, 6.45) is 0. The maximum absolute atomic E-state index is 13.7. The molecular weight excluding hydrogens is 296 g/mol. The average molecular weight is 306 g/mol. The fraction of sp³-hybridized carbons (Fsp3) is 0.364. The number of rotatable bonds is 1. The molecule has 1 amide bonds. The molecule has 1 heterocycles. The third-order valence-electron chi connectivity index (χ3n) is 2.64. The smallest absolute Gasteiger partial charge is 0.246 e. The van der Waals surface area contributed by atoms with Crippen molar-refractivity contribution >= 4 is 21.8 Å². The van der Waals surface area contributed by atoms with E-state index in [-0.39, 0.29) is 29.2 Å². The molecular formula is C11H10BrF2NO2. The summed E-state index contributed by atoms with van der Waals surface area (Å²) >= 11 is 2.99. The van der Waals surface area contributed by atoms with Gasteiger partial charge in [-0.3, -0.25) is 4.79 Å². The van der Waals surface area contributed by atoms with Crippen LogP contribution in [0.15, 0.2) is 16.6 Å². The molecule has 2 rings (SSSR count). The summed E-state index contributed by atoms with van der Waals surface area (Å²) in [6, 6.07) is 2.10. The number of hydrogen-bond acceptors (Lipinski definition) is 2. The molecule has 1 saturated heterocycles. The first-order chi connectivity index (χ1) is 7.92. The molecule has 1 fully saturated rings. The van der Waals surface area contributed by atoms with Gasteiger partial charge in [0.2, 0.25) is 5.91 Å². The highest BCUT2D eigenvalue weighted by Crippen LogP contribution is 2.30. The third-order valence-corrected chi connectivity index (χ3v) is 3.25. The molecule has 92 valence electrons. The molecule has 0 radical (unpaired) electrons. The predicted octanol–water partition coefficient (Wildman–Crippen LogP) is 2.09. The quantitative estimate of drug-likeness (QED) is 0.807. The molecule has 0 aliphatic carbocycles. The minimum absolute atomic E-state index is 0.0421. The Bertz CT molecular complexity index is 481. The van der Waals surface area contributed by atoms with Crippen molar-refractivity contribution in [3.05, 3.63) is 33.8 Å². The highest BCUT2D eigenvalue weighted by Gasteiger charge is 2.35. The van der Waals surface area contributed by atoms with Crippen LogP contribution in [0.3, 0.4) is 0 Å². The second-order valence-electron chi connectivity index (χ2n) is 4.12. The van der Waals surface area contributed by atoms with Gasteiger partial charge >= 0.3 is 0 Å². The molecule has 1 atom stereocenters. The number of nitrogens with one attached hydrogen (secondary N) is 1. The Morgan fingerprint density at radius 1 is 1.41 bits per heavy atom. The van der Waals surface area contributed by atoms with Crippen molar-refractivity contribution in [3.63, 3.8) is 0 Å². The number of ether oxygens (including phenoxy) is 1. The minimum Gasteiger partial charge on any atom is -0.369 e. The molecule has 0 spiro atoms. The zero-order chi connectivity index (χ0) is 12.6. The largest absolute Gasteiger partial charge is 0.369 e. The van der Waals surface area contributed by atoms with E-state index < -0.39 is 17.2 Å². The molecule has 0 aromatic heterocycles. The van der Waals surface area contributed by atoms with Gasteiger partial charge in [0, 0.05) is 11.6 Å². The van der Waals surface area contributed by atoms with E-state index in [9.17, 15) is 13.6 Å². The van der Waals surface area contributed by atoms with Gasteiger partial charge in [0.15, 0.2) is 0 Å². The van der Waals surface area contributed by atoms with Crippen molar-refractivity contribution in [1.29, 1.82) is 0 Å². The lowest BCUT2D eigenvalue weighted by Gasteiger charge is -2.35. The number of benzene rings is 1. The molecule has 6 heteroatoms. The first kappa shape index (κ1) is 12.4. The van der Waals surface area contributed by atoms with E-state index in [1.807, 2.05) is 0 Å². The van der Waals surface area contributed by atoms with Gasteiger partial charge in [-0.15, -0.1) is 0 Å². The fourth-order valence-corrected chi connectivity index (χ4v) is 2.16. The molecule has 1 N–H and O–H groups in total. The summed E-state index contributed by atoms with van der Waals surface area (Å²) in [6.45, 7) is 1.74. The summed E-state index contributed by atoms with van der Waals surface area (Å²) in [5.74, 6) is -1.71. The van der Waals surface area contributed by atoms with E-state index in [2.05, 4.69) is 21.2 Å². The van der Waals surface area contributed by atoms with Gasteiger partial charge < -0.3 is 10.1 Å². The van der Waals surface area contributed by atoms with Crippen LogP contribution >= 0.6 is 15.9 Å². The Morgan fingerprint density at radius 3 is 2.76 bits per heavy atom. The van der Waals surface area contributed by atoms with Crippen molar-refractivity contribution < 1.29 is 18.3 Å². The number of amides is 1. The number of carbonyl (C=O) groups is 1. The monoisotopic (exact) mass is 305 g/mol. The summed E-state index contributed by atoms with van der Waals surface area (Å²) in [4.78, 5) is 11.3. The van der Waals surface area contributed by atoms with Gasteiger partial charge in [0.05, 0.1) is 16.6 Å². The molecule has 1 aliphatic heterocycles. The van der Waals surface area contributed by atoms with Crippen LogP contribution in [-0.4, -0.2) is 19.1 Å². The number of halogens is 3. The zero-order valence-corrected chi connectivity index (χ0v) is 10.6. The highest BCUT2D eigenvalue weighted by molar-refractivity contribution is 9.10. The number of hydrogen-bond donors (Lipinski definition) is 1. The van der Waals surface area contributed by atoms with E-state index >= 15 is 0 Å². The van der Waals surface area contributed by atoms with Crippen LogP contribution in [0.5, 0.6) is 0 Å². The predicted molar refractivity (Wildman–Crippen MR) is 60.4 cm³/mol. The van der Waals surface area contributed by atoms with E-state index in [1.54, 1.807) is 6.92 Å². The third kappa shape index (κ3) is 2.32. The molecule has 1 aliphatic rings. The molecule has 17 heavy (non-hydrogen) atoms. The molecule has 1 aromatic carbocycles. The Morgan fingerprint density at radius 2 is 2.12 bits per heavy atom. The van der Waals surface area contributed by atoms with Crippen LogP contribution < -0.4 is 5.32 Å². The van der Waals surface area contributed by atoms with E-state index in [0.29, 0.717) is 0 Å². The van der Waals surface area contributed by atoms with Crippen molar-refractivity contribution in [2.24, 2.45) is 0 Å². The van der Waals surface area contributed by atoms with Gasteiger partial charge in [-0.2, -0.15) is 0 Å². The Kier molecular flexibility index (Phi) is 3.18. The number of carbonyl (C=O) groups excluding carboxylic acids is 1. The SMILES string of the molecule is CC1(c2cc(Br)c(F)cc2F)COCC(=O)N1. The van der Waals surface area contributed by atoms with Crippen molar-refractivity contribution in [3.8, 4) is 0 Å². The minimum atomic E-state index is -0.977. The Labute approximate surface area is 105 Å². The summed E-state index contributed by atoms with van der Waals surface area (Å²) in [7, 11) is 0. The standard InChI is InChI=1S/C11H10BrF2NO2/c1-11(5-17-4-10(16)15-11)6-2-7(12)9(14)3-8(6)13/h2-3H,4-5H2,1H3,(H,15,16). The molecule has 1 unspecified atom stereocenters. The Balaban J connectivity index is 2.45. The fourth-order valence-electron chi connectivity index (χ4n) is 1.82. The van der Waals surface area contributed by atoms with Gasteiger partial charge in [0.25, 0.3) is 0 Å². The van der Waals surface area contributed by atoms with Crippen molar-refractivity contribution in [2.75, 3.05) is 13.2 Å². The van der Waals surface area contributed by atoms with Crippen LogP contribution in [0, 0.1) is 11.6 Å². The van der Waals surface area contributed by atoms with Gasteiger partial charge in [-0.1, -0.05) is 0 Å². The zero-order valence-electron chi connectivity index (χ0n) is 9.02. The maximum atomic E-state index is 13.7. The second-order valence-corrected chi connectivity index (χ2v) is 4.97. The first-order valence-corrected chi connectivity index (χ1v) is 5.75. The average Bonchev–Trinajstić information content (AvgIpc) is 2.23. The second kappa shape index (κ2) is 4.34. The first-order valence-electron chi connectivity index (χ1n) is 4.96. The number of morpholine rings is 1. The van der Waals surface area contributed by atoms with Gasteiger partial charge in [0.1, 0.15) is 18.2 Å². The van der Waals surface area contributed by atoms with E-state index in [1.165, 1.54) is 6.07 Å². The van der Waals surface area contributed by atoms with Gasteiger partial charge in [-0.25, -0.2) is 8.78 Å². The van der Waals surface area contributed by atoms with Gasteiger partial charge in [-0.05, 0) is 28.9 Å². The normalized spacial score (nSPS) is 24.6. The van der Waals surface area contributed by atoms with E-state index in [4.69, 9.17) is 4.74 Å². The van der Waals surface area contributed by atoms with Crippen LogP contribution in [0.1, 0.15) is 12.5 Å². The van der Waals surface area contributed by atoms with Crippen LogP contribution in [0.2, 0.25) is 0 Å². The lowest BCUT2D eigenvalue weighted by atomic mass is 9.91. The topological polar surface area (TPSA) is 38.3 Å². The van der Waals surface area contributed by atoms with Crippen LogP contribution in [0.4, 0.5) is 8.78 Å². The van der Waals surface area contributed by atoms with Crippen LogP contribution in [0.25, 0.3) is 0 Å². The Hall–Kier alpha value is -1.01. The van der Waals surface area contributed by atoms with Crippen LogP contribution in [-0.2, 0) is 15.1 Å². The summed E-state index contributed by atoms with van der Waals surface area (Å²) < 4.78 is 32.1. The summed E-state index contributed by atoms with van der Waals surface area (Å²) in [5.41, 5.74) is -0.783. The lowest BCUT2D eigenvalue weighted by molar-refractivity contribution is -0.135. The highest BCUT2D eigenvalue weighted by atomic mass is 79.9. The molecule has 0 saturated carbocycles. The molecule has 1 aromatic rings. The summed E-state index contributed by atoms with van der Waals surface area (Å²) in [5, 5.41) is 2.65. The maximum Gasteiger partial charge on any atom is 0.246 e. The van der Waals surface area contributed by atoms with Crippen molar-refractivity contribution in [2.45, 2.75) is 12.5 Å². The lowest BCUT2D eigenvalue weighted by Crippen LogP contribution is -2.53. The van der Waals surface area contributed by atoms with Crippen molar-refractivity contribution in [1.82, 2.24) is 5.32 Å². The van der Waals surface area contributed by atoms with E-state index in [0.717, 1.165) is 6.07 Å².